The minimum absolute atomic E-state index is 0.0429. The third kappa shape index (κ3) is 5.39. The van der Waals surface area contributed by atoms with Crippen molar-refractivity contribution in [1.29, 1.82) is 0 Å². The van der Waals surface area contributed by atoms with Crippen LogP contribution in [0.5, 0.6) is 0 Å². The molecular formula is C21H30BN3O7S. The van der Waals surface area contributed by atoms with Gasteiger partial charge in [0.25, 0.3) is 5.91 Å². The molecule has 0 saturated carbocycles. The molecular weight excluding hydrogens is 449 g/mol. The molecule has 12 heteroatoms. The molecule has 3 N–H and O–H groups in total. The van der Waals surface area contributed by atoms with Gasteiger partial charge in [-0.25, -0.2) is 13.2 Å². The molecule has 1 unspecified atom stereocenters. The molecule has 0 aliphatic carbocycles. The van der Waals surface area contributed by atoms with E-state index in [1.807, 2.05) is 4.81 Å². The maximum absolute atomic E-state index is 12.7. The van der Waals surface area contributed by atoms with Crippen LogP contribution in [0.15, 0.2) is 24.3 Å². The quantitative estimate of drug-likeness (QED) is 0.450. The van der Waals surface area contributed by atoms with Crippen LogP contribution in [0.3, 0.4) is 0 Å². The van der Waals surface area contributed by atoms with Gasteiger partial charge in [0, 0.05) is 38.2 Å². The van der Waals surface area contributed by atoms with Crippen LogP contribution >= 0.6 is 0 Å². The first kappa shape index (κ1) is 25.2. The van der Waals surface area contributed by atoms with Crippen molar-refractivity contribution in [2.45, 2.75) is 43.8 Å². The number of aliphatic carboxylic acids is 1. The van der Waals surface area contributed by atoms with Gasteiger partial charge in [-0.05, 0) is 44.3 Å². The number of hydrogen-bond acceptors (Lipinski definition) is 7. The van der Waals surface area contributed by atoms with Crippen molar-refractivity contribution in [3.63, 3.8) is 0 Å². The zero-order valence-corrected chi connectivity index (χ0v) is 19.7. The SMILES string of the molecule is CB(O)N1CCN(C(=O)c2ccc(C[C@H](NC(=O)C3(C)CCCS3(=O)=O)C(=O)O)cc2)CC1. The first-order chi connectivity index (χ1) is 15.4. The number of hydrogen-bond donors (Lipinski definition) is 3. The van der Waals surface area contributed by atoms with Crippen molar-refractivity contribution in [2.75, 3.05) is 31.9 Å². The molecule has 2 fully saturated rings. The summed E-state index contributed by atoms with van der Waals surface area (Å²) in [7, 11) is -4.18. The Bertz CT molecular complexity index is 1010. The number of amides is 2. The number of carboxylic acids is 1. The Morgan fingerprint density at radius 3 is 2.24 bits per heavy atom. The van der Waals surface area contributed by atoms with Crippen molar-refractivity contribution < 1.29 is 32.9 Å². The smallest absolute Gasteiger partial charge is 0.376 e. The highest BCUT2D eigenvalue weighted by molar-refractivity contribution is 7.93. The van der Waals surface area contributed by atoms with Crippen LogP contribution < -0.4 is 5.32 Å². The summed E-state index contributed by atoms with van der Waals surface area (Å²) in [5, 5.41) is 21.6. The molecule has 2 saturated heterocycles. The van der Waals surface area contributed by atoms with Gasteiger partial charge in [0.15, 0.2) is 9.84 Å². The average molecular weight is 479 g/mol. The van der Waals surface area contributed by atoms with Crippen molar-refractivity contribution in [3.05, 3.63) is 35.4 Å². The molecule has 0 aromatic heterocycles. The highest BCUT2D eigenvalue weighted by Crippen LogP contribution is 2.32. The number of rotatable bonds is 7. The van der Waals surface area contributed by atoms with Gasteiger partial charge in [-0.3, -0.25) is 9.59 Å². The molecule has 2 aliphatic rings. The summed E-state index contributed by atoms with van der Waals surface area (Å²) in [6, 6.07) is 5.20. The second kappa shape index (κ2) is 9.82. The maximum Gasteiger partial charge on any atom is 0.376 e. The van der Waals surface area contributed by atoms with Gasteiger partial charge in [-0.15, -0.1) is 0 Å². The second-order valence-electron chi connectivity index (χ2n) is 8.88. The Hall–Kier alpha value is -2.44. The maximum atomic E-state index is 12.7. The standard InChI is InChI=1S/C21H30BN3O7S/c1-21(8-3-13-33(21,31)32)20(29)23-17(19(27)28)14-15-4-6-16(7-5-15)18(26)24-9-11-25(12-10-24)22(2)30/h4-7,17,30H,3,8-14H2,1-2H3,(H,23,29)(H,27,28)/t17-,21?/m0/s1. The van der Waals surface area contributed by atoms with E-state index in [0.717, 1.165) is 0 Å². The van der Waals surface area contributed by atoms with E-state index in [1.54, 1.807) is 36.0 Å². The lowest BCUT2D eigenvalue weighted by Gasteiger charge is -2.35. The van der Waals surface area contributed by atoms with Gasteiger partial charge in [-0.2, -0.15) is 0 Å². The van der Waals surface area contributed by atoms with E-state index in [-0.39, 0.29) is 24.5 Å². The van der Waals surface area contributed by atoms with E-state index >= 15 is 0 Å². The lowest BCUT2D eigenvalue weighted by Crippen LogP contribution is -2.53. The highest BCUT2D eigenvalue weighted by Gasteiger charge is 2.50. The van der Waals surface area contributed by atoms with E-state index in [4.69, 9.17) is 0 Å². The largest absolute Gasteiger partial charge is 0.480 e. The summed E-state index contributed by atoms with van der Waals surface area (Å²) < 4.78 is 22.9. The Morgan fingerprint density at radius 1 is 1.15 bits per heavy atom. The van der Waals surface area contributed by atoms with Gasteiger partial charge in [-0.1, -0.05) is 12.1 Å². The highest BCUT2D eigenvalue weighted by atomic mass is 32.2. The summed E-state index contributed by atoms with van der Waals surface area (Å²) in [5.41, 5.74) is 1.06. The van der Waals surface area contributed by atoms with Gasteiger partial charge in [0.1, 0.15) is 10.8 Å². The molecule has 10 nitrogen and oxygen atoms in total. The predicted octanol–water partition coefficient (Wildman–Crippen LogP) is -0.366. The summed E-state index contributed by atoms with van der Waals surface area (Å²) in [6.07, 6.45) is 0.488. The van der Waals surface area contributed by atoms with Crippen LogP contribution in [0.25, 0.3) is 0 Å². The zero-order valence-electron chi connectivity index (χ0n) is 18.9. The van der Waals surface area contributed by atoms with Crippen molar-refractivity contribution in [3.8, 4) is 0 Å². The van der Waals surface area contributed by atoms with Crippen LogP contribution in [0.4, 0.5) is 0 Å². The molecule has 3 rings (SSSR count). The van der Waals surface area contributed by atoms with Gasteiger partial charge < -0.3 is 25.2 Å². The average Bonchev–Trinajstić information content (AvgIpc) is 3.06. The number of carboxylic acid groups (broad SMARTS) is 1. The molecule has 2 heterocycles. The summed E-state index contributed by atoms with van der Waals surface area (Å²) in [6.45, 7) is 5.19. The van der Waals surface area contributed by atoms with Crippen molar-refractivity contribution in [1.82, 2.24) is 15.0 Å². The number of sulfone groups is 1. The topological polar surface area (TPSA) is 144 Å². The van der Waals surface area contributed by atoms with Gasteiger partial charge in [0.05, 0.1) is 5.75 Å². The number of nitrogens with zero attached hydrogens (tertiary/aromatic N) is 2. The first-order valence-electron chi connectivity index (χ1n) is 11.0. The fourth-order valence-corrected chi connectivity index (χ4v) is 6.02. The molecule has 180 valence electrons. The lowest BCUT2D eigenvalue weighted by molar-refractivity contribution is -0.142. The van der Waals surface area contributed by atoms with Crippen LogP contribution in [0, 0.1) is 0 Å². The van der Waals surface area contributed by atoms with Gasteiger partial charge >= 0.3 is 13.0 Å². The monoisotopic (exact) mass is 479 g/mol. The number of carbonyl (C=O) groups is 3. The molecule has 0 bridgehead atoms. The Balaban J connectivity index is 1.63. The molecule has 1 aromatic carbocycles. The summed E-state index contributed by atoms with van der Waals surface area (Å²) in [5.74, 6) is -2.29. The number of piperazine rings is 1. The minimum atomic E-state index is -3.63. The minimum Gasteiger partial charge on any atom is -0.480 e. The third-order valence-corrected chi connectivity index (χ3v) is 9.20. The Kier molecular flexibility index (Phi) is 7.50. The summed E-state index contributed by atoms with van der Waals surface area (Å²) >= 11 is 0. The van der Waals surface area contributed by atoms with Crippen molar-refractivity contribution >= 4 is 34.7 Å². The van der Waals surface area contributed by atoms with E-state index in [1.165, 1.54) is 6.92 Å². The third-order valence-electron chi connectivity index (χ3n) is 6.61. The molecule has 2 amide bonds. The normalized spacial score (nSPS) is 23.7. The van der Waals surface area contributed by atoms with E-state index in [2.05, 4.69) is 5.32 Å². The van der Waals surface area contributed by atoms with E-state index in [9.17, 15) is 32.9 Å². The Labute approximate surface area is 194 Å². The molecule has 33 heavy (non-hydrogen) atoms. The molecule has 1 aromatic rings. The fourth-order valence-electron chi connectivity index (χ4n) is 4.25. The lowest BCUT2D eigenvalue weighted by atomic mass is 9.84. The molecule has 2 aliphatic heterocycles. The van der Waals surface area contributed by atoms with Gasteiger partial charge in [0.2, 0.25) is 5.91 Å². The predicted molar refractivity (Wildman–Crippen MR) is 122 cm³/mol. The molecule has 0 spiro atoms. The zero-order chi connectivity index (χ0) is 24.4. The van der Waals surface area contributed by atoms with E-state index in [0.29, 0.717) is 43.7 Å². The molecule has 0 radical (unpaired) electrons. The van der Waals surface area contributed by atoms with Crippen LogP contribution in [0.1, 0.15) is 35.7 Å². The fraction of sp³-hybridized carbons (Fsp3) is 0.571. The second-order valence-corrected chi connectivity index (χ2v) is 11.4. The first-order valence-corrected chi connectivity index (χ1v) is 12.7. The Morgan fingerprint density at radius 2 is 1.76 bits per heavy atom. The molecule has 2 atom stereocenters. The number of nitrogens with one attached hydrogen (secondary N) is 1. The van der Waals surface area contributed by atoms with Crippen molar-refractivity contribution in [2.24, 2.45) is 0 Å². The number of benzene rings is 1. The van der Waals surface area contributed by atoms with E-state index < -0.39 is 39.6 Å². The summed E-state index contributed by atoms with van der Waals surface area (Å²) in [4.78, 5) is 40.7. The van der Waals surface area contributed by atoms with Crippen LogP contribution in [-0.2, 0) is 25.8 Å². The van der Waals surface area contributed by atoms with Crippen LogP contribution in [-0.4, -0.2) is 95.8 Å². The number of carbonyl (C=O) groups excluding carboxylic acids is 2. The van der Waals surface area contributed by atoms with Crippen LogP contribution in [0.2, 0.25) is 6.82 Å².